The van der Waals surface area contributed by atoms with Gasteiger partial charge in [0.2, 0.25) is 5.82 Å². The predicted molar refractivity (Wildman–Crippen MR) is 71.6 cm³/mol. The second-order valence-corrected chi connectivity index (χ2v) is 5.57. The Labute approximate surface area is 113 Å². The molecule has 2 fully saturated rings. The van der Waals surface area contributed by atoms with Gasteiger partial charge in [-0.1, -0.05) is 12.6 Å². The predicted octanol–water partition coefficient (Wildman–Crippen LogP) is 1.51. The number of piperidine rings is 1. The third-order valence-corrected chi connectivity index (χ3v) is 4.43. The molecular formula is C13H14BN5. The number of nitrogens with zero attached hydrogens (tertiary/aromatic N) is 5. The van der Waals surface area contributed by atoms with Crippen molar-refractivity contribution in [3.63, 3.8) is 0 Å². The standard InChI is InChI=1S/C13H14BN5/c15-7-11-17-4-1-12(18-11)19-5-2-13(3-6-19)8-14(9-13)10-16/h1,4H,2-3,5-6,8-9H2. The number of anilines is 1. The second kappa shape index (κ2) is 4.55. The van der Waals surface area contributed by atoms with E-state index in [1.54, 1.807) is 6.20 Å². The van der Waals surface area contributed by atoms with Gasteiger partial charge in [0.15, 0.2) is 0 Å². The molecule has 2 saturated heterocycles. The van der Waals surface area contributed by atoms with Crippen LogP contribution >= 0.6 is 0 Å². The van der Waals surface area contributed by atoms with Crippen LogP contribution in [-0.4, -0.2) is 29.8 Å². The van der Waals surface area contributed by atoms with Gasteiger partial charge >= 0.3 is 0 Å². The van der Waals surface area contributed by atoms with Gasteiger partial charge in [-0.25, -0.2) is 15.2 Å². The third-order valence-electron chi connectivity index (χ3n) is 4.43. The molecule has 1 aromatic heterocycles. The van der Waals surface area contributed by atoms with E-state index < -0.39 is 0 Å². The molecule has 0 bridgehead atoms. The summed E-state index contributed by atoms with van der Waals surface area (Å²) in [5, 5.41) is 17.7. The number of aromatic nitrogens is 2. The minimum atomic E-state index is 0.228. The van der Waals surface area contributed by atoms with Crippen molar-refractivity contribution in [2.75, 3.05) is 18.0 Å². The van der Waals surface area contributed by atoms with Crippen LogP contribution in [0.1, 0.15) is 18.7 Å². The Morgan fingerprint density at radius 2 is 2.00 bits per heavy atom. The lowest BCUT2D eigenvalue weighted by molar-refractivity contribution is 0.247. The molecule has 1 aromatic rings. The molecule has 19 heavy (non-hydrogen) atoms. The van der Waals surface area contributed by atoms with E-state index in [4.69, 9.17) is 10.5 Å². The van der Waals surface area contributed by atoms with Crippen LogP contribution in [0.25, 0.3) is 0 Å². The summed E-state index contributed by atoms with van der Waals surface area (Å²) in [4.78, 5) is 10.3. The molecule has 6 heteroatoms. The van der Waals surface area contributed by atoms with E-state index in [1.807, 2.05) is 12.1 Å². The van der Waals surface area contributed by atoms with Gasteiger partial charge in [-0.2, -0.15) is 5.26 Å². The van der Waals surface area contributed by atoms with Crippen LogP contribution < -0.4 is 4.90 Å². The fourth-order valence-corrected chi connectivity index (χ4v) is 3.27. The van der Waals surface area contributed by atoms with Crippen LogP contribution in [0.3, 0.4) is 0 Å². The summed E-state index contributed by atoms with van der Waals surface area (Å²) in [7, 11) is 0. The normalized spacial score (nSPS) is 20.5. The van der Waals surface area contributed by atoms with Crippen molar-refractivity contribution in [2.45, 2.75) is 25.5 Å². The molecule has 0 aliphatic carbocycles. The number of hydrogen-bond acceptors (Lipinski definition) is 5. The van der Waals surface area contributed by atoms with E-state index >= 15 is 0 Å². The Kier molecular flexibility index (Phi) is 2.87. The lowest BCUT2D eigenvalue weighted by Crippen LogP contribution is -2.49. The molecule has 3 rings (SSSR count). The first-order valence-corrected chi connectivity index (χ1v) is 6.62. The molecule has 0 radical (unpaired) electrons. The van der Waals surface area contributed by atoms with Gasteiger partial charge in [0.1, 0.15) is 11.9 Å². The zero-order chi connectivity index (χ0) is 13.3. The summed E-state index contributed by atoms with van der Waals surface area (Å²) in [6.07, 6.45) is 6.00. The van der Waals surface area contributed by atoms with E-state index in [0.717, 1.165) is 44.4 Å². The van der Waals surface area contributed by atoms with Crippen molar-refractivity contribution >= 4 is 12.5 Å². The van der Waals surface area contributed by atoms with Crippen LogP contribution in [0.4, 0.5) is 5.82 Å². The van der Waals surface area contributed by atoms with E-state index in [9.17, 15) is 0 Å². The molecule has 94 valence electrons. The van der Waals surface area contributed by atoms with Gasteiger partial charge in [-0.15, -0.1) is 0 Å². The first-order chi connectivity index (χ1) is 9.24. The molecule has 0 atom stereocenters. The Hall–Kier alpha value is -2.08. The van der Waals surface area contributed by atoms with Crippen LogP contribution in [-0.2, 0) is 0 Å². The summed E-state index contributed by atoms with van der Waals surface area (Å²) < 4.78 is 0. The molecule has 0 unspecified atom stereocenters. The van der Waals surface area contributed by atoms with Gasteiger partial charge < -0.3 is 4.90 Å². The minimum Gasteiger partial charge on any atom is -0.356 e. The number of rotatable bonds is 1. The first-order valence-electron chi connectivity index (χ1n) is 6.62. The Balaban J connectivity index is 1.65. The minimum absolute atomic E-state index is 0.228. The highest BCUT2D eigenvalue weighted by molar-refractivity contribution is 6.70. The van der Waals surface area contributed by atoms with Gasteiger partial charge in [-0.05, 0) is 24.3 Å². The van der Waals surface area contributed by atoms with Crippen molar-refractivity contribution < 1.29 is 0 Å². The van der Waals surface area contributed by atoms with E-state index in [0.29, 0.717) is 5.41 Å². The van der Waals surface area contributed by atoms with Crippen LogP contribution in [0, 0.1) is 28.0 Å². The smallest absolute Gasteiger partial charge is 0.268 e. The summed E-state index contributed by atoms with van der Waals surface area (Å²) in [5.41, 5.74) is 0.405. The van der Waals surface area contributed by atoms with Crippen molar-refractivity contribution in [1.82, 2.24) is 9.97 Å². The van der Waals surface area contributed by atoms with Crippen molar-refractivity contribution in [1.29, 1.82) is 10.5 Å². The molecule has 3 heterocycles. The van der Waals surface area contributed by atoms with E-state index in [1.165, 1.54) is 0 Å². The van der Waals surface area contributed by atoms with Crippen molar-refractivity contribution in [2.24, 2.45) is 5.41 Å². The number of nitriles is 2. The molecule has 1 spiro atoms. The Bertz CT molecular complexity index is 557. The number of hydrogen-bond donors (Lipinski definition) is 0. The monoisotopic (exact) mass is 251 g/mol. The SMILES string of the molecule is N#CB1CC2(CCN(c3ccnc(C#N)n3)CC2)C1. The lowest BCUT2D eigenvalue weighted by atomic mass is 9.26. The van der Waals surface area contributed by atoms with Crippen molar-refractivity contribution in [3.8, 4) is 12.0 Å². The highest BCUT2D eigenvalue weighted by Gasteiger charge is 2.48. The van der Waals surface area contributed by atoms with Crippen LogP contribution in [0.2, 0.25) is 12.6 Å². The van der Waals surface area contributed by atoms with E-state index in [-0.39, 0.29) is 12.5 Å². The van der Waals surface area contributed by atoms with Gasteiger partial charge in [-0.3, -0.25) is 0 Å². The fraction of sp³-hybridized carbons (Fsp3) is 0.538. The lowest BCUT2D eigenvalue weighted by Gasteiger charge is -2.49. The third kappa shape index (κ3) is 2.15. The Morgan fingerprint density at radius 1 is 1.26 bits per heavy atom. The average molecular weight is 251 g/mol. The molecule has 0 aromatic carbocycles. The Morgan fingerprint density at radius 3 is 2.63 bits per heavy atom. The first kappa shape index (κ1) is 12.0. The van der Waals surface area contributed by atoms with Crippen LogP contribution in [0.5, 0.6) is 0 Å². The quantitative estimate of drug-likeness (QED) is 0.707. The zero-order valence-corrected chi connectivity index (χ0v) is 10.7. The molecule has 0 N–H and O–H groups in total. The highest BCUT2D eigenvalue weighted by Crippen LogP contribution is 2.50. The molecule has 0 amide bonds. The highest BCUT2D eigenvalue weighted by atomic mass is 15.2. The molecular weight excluding hydrogens is 237 g/mol. The summed E-state index contributed by atoms with van der Waals surface area (Å²) in [6, 6.07) is 3.83. The van der Waals surface area contributed by atoms with Crippen LogP contribution in [0.15, 0.2) is 12.3 Å². The average Bonchev–Trinajstić information content (AvgIpc) is 2.45. The molecule has 0 saturated carbocycles. The molecule has 2 aliphatic rings. The van der Waals surface area contributed by atoms with Gasteiger partial charge in [0, 0.05) is 25.3 Å². The molecule has 2 aliphatic heterocycles. The van der Waals surface area contributed by atoms with Gasteiger partial charge in [0.25, 0.3) is 6.71 Å². The second-order valence-electron chi connectivity index (χ2n) is 5.57. The van der Waals surface area contributed by atoms with Gasteiger partial charge in [0.05, 0.1) is 0 Å². The summed E-state index contributed by atoms with van der Waals surface area (Å²) in [5.74, 6) is 3.43. The van der Waals surface area contributed by atoms with Crippen molar-refractivity contribution in [3.05, 3.63) is 18.1 Å². The zero-order valence-electron chi connectivity index (χ0n) is 10.7. The maximum absolute atomic E-state index is 8.88. The summed E-state index contributed by atoms with van der Waals surface area (Å²) >= 11 is 0. The topological polar surface area (TPSA) is 76.6 Å². The molecule has 5 nitrogen and oxygen atoms in total. The fourth-order valence-electron chi connectivity index (χ4n) is 3.27. The maximum Gasteiger partial charge on any atom is 0.268 e. The van der Waals surface area contributed by atoms with E-state index in [2.05, 4.69) is 20.8 Å². The maximum atomic E-state index is 8.88. The largest absolute Gasteiger partial charge is 0.356 e. The summed E-state index contributed by atoms with van der Waals surface area (Å²) in [6.45, 7) is 2.19.